The number of amides is 1. The van der Waals surface area contributed by atoms with Crippen LogP contribution in [0.4, 0.5) is 0 Å². The molecule has 0 radical (unpaired) electrons. The quantitative estimate of drug-likeness (QED) is 0.117. The number of nitrogens with one attached hydrogen (secondary N) is 1. The fourth-order valence-electron chi connectivity index (χ4n) is 3.15. The predicted octanol–water partition coefficient (Wildman–Crippen LogP) is 8.24. The van der Waals surface area contributed by atoms with E-state index < -0.39 is 0 Å². The van der Waals surface area contributed by atoms with Gasteiger partial charge in [-0.25, -0.2) is 9.97 Å². The zero-order chi connectivity index (χ0) is 26.5. The van der Waals surface area contributed by atoms with Crippen LogP contribution in [0.15, 0.2) is 64.4 Å². The van der Waals surface area contributed by atoms with Gasteiger partial charge < -0.3 is 5.32 Å². The lowest BCUT2D eigenvalue weighted by Crippen LogP contribution is -2.25. The second-order valence-electron chi connectivity index (χ2n) is 7.86. The van der Waals surface area contributed by atoms with E-state index >= 15 is 0 Å². The minimum absolute atomic E-state index is 0.112. The zero-order valence-electron chi connectivity index (χ0n) is 20.2. The number of hydrogen-bond acceptors (Lipinski definition) is 6. The molecule has 4 aromatic rings. The summed E-state index contributed by atoms with van der Waals surface area (Å²) < 4.78 is 0. The summed E-state index contributed by atoms with van der Waals surface area (Å²) >= 11 is 14.9. The van der Waals surface area contributed by atoms with E-state index in [2.05, 4.69) is 25.3 Å². The van der Waals surface area contributed by atoms with E-state index in [1.54, 1.807) is 22.7 Å². The predicted molar refractivity (Wildman–Crippen MR) is 154 cm³/mol. The highest BCUT2D eigenvalue weighted by molar-refractivity contribution is 7.13. The van der Waals surface area contributed by atoms with Crippen molar-refractivity contribution in [1.82, 2.24) is 15.3 Å². The molecule has 1 N–H and O–H groups in total. The topological polar surface area (TPSA) is 104 Å². The number of halogens is 2. The van der Waals surface area contributed by atoms with Crippen LogP contribution in [0.5, 0.6) is 0 Å². The Labute approximate surface area is 234 Å². The first-order valence-corrected chi connectivity index (χ1v) is 14.2. The summed E-state index contributed by atoms with van der Waals surface area (Å²) in [5, 5.41) is 13.8. The molecule has 0 saturated carbocycles. The number of aromatic nitrogens is 2. The van der Waals surface area contributed by atoms with E-state index in [4.69, 9.17) is 28.7 Å². The molecule has 0 atom stereocenters. The maximum absolute atomic E-state index is 11.4. The molecule has 11 heteroatoms. The first-order valence-electron chi connectivity index (χ1n) is 11.7. The Morgan fingerprint density at radius 2 is 1.43 bits per heavy atom. The molecule has 0 unspecified atom stereocenters. The molecule has 0 aliphatic heterocycles. The van der Waals surface area contributed by atoms with E-state index in [1.165, 1.54) is 0 Å². The van der Waals surface area contributed by atoms with Crippen molar-refractivity contribution in [2.45, 2.75) is 32.6 Å². The van der Waals surface area contributed by atoms with Crippen LogP contribution < -0.4 is 5.32 Å². The van der Waals surface area contributed by atoms with Crippen LogP contribution >= 0.6 is 45.9 Å². The lowest BCUT2D eigenvalue weighted by Gasteiger charge is -2.02. The summed E-state index contributed by atoms with van der Waals surface area (Å²) in [5.74, 6) is 0.112. The lowest BCUT2D eigenvalue weighted by molar-refractivity contribution is -0.121. The van der Waals surface area contributed by atoms with Gasteiger partial charge in [-0.3, -0.25) is 4.79 Å². The molecule has 4 rings (SSSR count). The molecule has 7 nitrogen and oxygen atoms in total. The molecular formula is C26H26Cl2N6OS2. The Bertz CT molecular complexity index is 1320. The Kier molecular flexibility index (Phi) is 11.9. The van der Waals surface area contributed by atoms with E-state index in [9.17, 15) is 4.79 Å². The van der Waals surface area contributed by atoms with Crippen LogP contribution in [0.1, 0.15) is 31.2 Å². The molecule has 37 heavy (non-hydrogen) atoms. The van der Waals surface area contributed by atoms with Gasteiger partial charge in [-0.15, -0.1) is 22.7 Å². The summed E-state index contributed by atoms with van der Waals surface area (Å²) in [6.45, 7) is 3.08. The number of thiazole rings is 2. The molecule has 0 bridgehead atoms. The van der Waals surface area contributed by atoms with Crippen molar-refractivity contribution in [3.05, 3.63) is 91.2 Å². The van der Waals surface area contributed by atoms with Crippen molar-refractivity contribution in [3.63, 3.8) is 0 Å². The second-order valence-corrected chi connectivity index (χ2v) is 10.4. The highest BCUT2D eigenvalue weighted by Gasteiger charge is 2.06. The van der Waals surface area contributed by atoms with E-state index in [1.807, 2.05) is 66.2 Å². The molecule has 0 spiro atoms. The van der Waals surface area contributed by atoms with Gasteiger partial charge in [-0.05, 0) is 42.6 Å². The Morgan fingerprint density at radius 1 is 0.919 bits per heavy atom. The second kappa shape index (κ2) is 15.3. The van der Waals surface area contributed by atoms with Gasteiger partial charge in [0.25, 0.3) is 0 Å². The average Bonchev–Trinajstić information content (AvgIpc) is 3.56. The molecular weight excluding hydrogens is 547 g/mol. The molecule has 2 aromatic heterocycles. The van der Waals surface area contributed by atoms with Crippen molar-refractivity contribution in [2.24, 2.45) is 5.11 Å². The smallest absolute Gasteiger partial charge is 0.219 e. The molecule has 1 amide bonds. The van der Waals surface area contributed by atoms with Crippen LogP contribution in [0, 0.1) is 0 Å². The van der Waals surface area contributed by atoms with Gasteiger partial charge in [0, 0.05) is 62.8 Å². The van der Waals surface area contributed by atoms with Gasteiger partial charge in [0.2, 0.25) is 5.91 Å². The number of azide groups is 1. The molecule has 2 heterocycles. The number of benzene rings is 2. The van der Waals surface area contributed by atoms with Crippen LogP contribution in [0.3, 0.4) is 0 Å². The summed E-state index contributed by atoms with van der Waals surface area (Å²) in [5.41, 5.74) is 12.3. The van der Waals surface area contributed by atoms with Gasteiger partial charge in [-0.1, -0.05) is 59.5 Å². The van der Waals surface area contributed by atoms with Crippen molar-refractivity contribution < 1.29 is 4.79 Å². The maximum atomic E-state index is 11.4. The molecule has 0 saturated heterocycles. The van der Waals surface area contributed by atoms with Crippen molar-refractivity contribution in [2.75, 3.05) is 13.1 Å². The third kappa shape index (κ3) is 9.80. The number of carbonyl (C=O) groups is 1. The fourth-order valence-corrected chi connectivity index (χ4v) is 5.12. The Hall–Kier alpha value is -2.94. The summed E-state index contributed by atoms with van der Waals surface area (Å²) in [4.78, 5) is 23.1. The molecule has 2 aromatic carbocycles. The first kappa shape index (κ1) is 28.6. The van der Waals surface area contributed by atoms with Gasteiger partial charge in [-0.2, -0.15) is 0 Å². The average molecular weight is 574 g/mol. The number of rotatable bonds is 10. The SMILES string of the molecule is CCCC(=O)NCCc1csc(-c2ccc(Cl)cc2)n1.[N-]=[N+]=NCCc1csc(-c2ccc(Cl)cc2)n1. The summed E-state index contributed by atoms with van der Waals surface area (Å²) in [7, 11) is 0. The summed E-state index contributed by atoms with van der Waals surface area (Å²) in [6, 6.07) is 15.2. The maximum Gasteiger partial charge on any atom is 0.219 e. The van der Waals surface area contributed by atoms with Gasteiger partial charge in [0.1, 0.15) is 10.0 Å². The molecule has 0 fully saturated rings. The Balaban J connectivity index is 0.000000208. The third-order valence-corrected chi connectivity index (χ3v) is 7.38. The number of carbonyl (C=O) groups excluding carboxylic acids is 1. The standard InChI is InChI=1S/C15H17ClN2OS.C11H9ClN4S/c1-2-3-14(19)17-9-8-13-10-20-15(18-13)11-4-6-12(16)7-5-11;12-9-3-1-8(2-4-9)11-15-10(7-17-11)5-6-14-16-13/h4-7,10H,2-3,8-9H2,1H3,(H,17,19);1-4,7H,5-6H2. The highest BCUT2D eigenvalue weighted by atomic mass is 35.5. The van der Waals surface area contributed by atoms with Gasteiger partial charge >= 0.3 is 0 Å². The monoisotopic (exact) mass is 572 g/mol. The van der Waals surface area contributed by atoms with Crippen LogP contribution in [-0.4, -0.2) is 29.0 Å². The largest absolute Gasteiger partial charge is 0.356 e. The fraction of sp³-hybridized carbons (Fsp3) is 0.269. The van der Waals surface area contributed by atoms with E-state index in [-0.39, 0.29) is 5.91 Å². The van der Waals surface area contributed by atoms with Crippen molar-refractivity contribution in [3.8, 4) is 21.1 Å². The highest BCUT2D eigenvalue weighted by Crippen LogP contribution is 2.26. The van der Waals surface area contributed by atoms with Gasteiger partial charge in [0.05, 0.1) is 11.4 Å². The molecule has 0 aliphatic carbocycles. The lowest BCUT2D eigenvalue weighted by atomic mass is 10.2. The van der Waals surface area contributed by atoms with Crippen molar-refractivity contribution in [1.29, 1.82) is 0 Å². The molecule has 0 aliphatic rings. The van der Waals surface area contributed by atoms with E-state index in [0.29, 0.717) is 31.0 Å². The van der Waals surface area contributed by atoms with E-state index in [0.717, 1.165) is 50.4 Å². The van der Waals surface area contributed by atoms with Crippen LogP contribution in [0.2, 0.25) is 10.0 Å². The van der Waals surface area contributed by atoms with Crippen molar-refractivity contribution >= 4 is 51.8 Å². The minimum atomic E-state index is 0.112. The zero-order valence-corrected chi connectivity index (χ0v) is 23.4. The summed E-state index contributed by atoms with van der Waals surface area (Å²) in [6.07, 6.45) is 2.91. The normalized spacial score (nSPS) is 10.2. The van der Waals surface area contributed by atoms with Crippen LogP contribution in [0.25, 0.3) is 31.6 Å². The minimum Gasteiger partial charge on any atom is -0.356 e. The number of hydrogen-bond donors (Lipinski definition) is 1. The first-order chi connectivity index (χ1) is 18.0. The Morgan fingerprint density at radius 3 is 1.92 bits per heavy atom. The number of nitrogens with zero attached hydrogens (tertiary/aromatic N) is 5. The third-order valence-electron chi connectivity index (χ3n) is 5.00. The van der Waals surface area contributed by atoms with Gasteiger partial charge in [0.15, 0.2) is 0 Å². The molecule has 192 valence electrons. The van der Waals surface area contributed by atoms with Crippen LogP contribution in [-0.2, 0) is 17.6 Å².